The van der Waals surface area contributed by atoms with E-state index in [-0.39, 0.29) is 17.3 Å². The molecular formula is C11H13ClFNO3. The second-order valence-corrected chi connectivity index (χ2v) is 3.73. The second kappa shape index (κ2) is 6.51. The summed E-state index contributed by atoms with van der Waals surface area (Å²) in [6, 6.07) is 0.991. The standard InChI is InChI=1S/C11H13ClFNO3/c1-3-16-6-7(2)17-11(15)9-4-8(13)5-14-10(9)12/h4-5,7H,3,6H2,1-2H3. The van der Waals surface area contributed by atoms with Crippen LogP contribution in [-0.4, -0.2) is 30.3 Å². The van der Waals surface area contributed by atoms with Gasteiger partial charge in [0.05, 0.1) is 18.4 Å². The Morgan fingerprint density at radius 2 is 2.35 bits per heavy atom. The van der Waals surface area contributed by atoms with Gasteiger partial charge in [0.2, 0.25) is 0 Å². The van der Waals surface area contributed by atoms with Gasteiger partial charge in [-0.05, 0) is 19.9 Å². The maximum atomic E-state index is 12.9. The quantitative estimate of drug-likeness (QED) is 0.603. The highest BCUT2D eigenvalue weighted by Gasteiger charge is 2.17. The van der Waals surface area contributed by atoms with Crippen molar-refractivity contribution in [3.63, 3.8) is 0 Å². The number of hydrogen-bond donors (Lipinski definition) is 0. The molecule has 0 radical (unpaired) electrons. The summed E-state index contributed by atoms with van der Waals surface area (Å²) >= 11 is 5.67. The lowest BCUT2D eigenvalue weighted by molar-refractivity contribution is 0.00433. The number of halogens is 2. The van der Waals surface area contributed by atoms with Gasteiger partial charge in [0.15, 0.2) is 0 Å². The Balaban J connectivity index is 2.66. The number of carbonyl (C=O) groups is 1. The maximum Gasteiger partial charge on any atom is 0.341 e. The summed E-state index contributed by atoms with van der Waals surface area (Å²) in [5.41, 5.74) is -0.0879. The van der Waals surface area contributed by atoms with E-state index in [1.165, 1.54) is 0 Å². The van der Waals surface area contributed by atoms with Crippen LogP contribution >= 0.6 is 11.6 Å². The molecule has 17 heavy (non-hydrogen) atoms. The summed E-state index contributed by atoms with van der Waals surface area (Å²) in [7, 11) is 0. The fourth-order valence-electron chi connectivity index (χ4n) is 1.13. The van der Waals surface area contributed by atoms with E-state index in [1.807, 2.05) is 6.92 Å². The van der Waals surface area contributed by atoms with Gasteiger partial charge >= 0.3 is 5.97 Å². The summed E-state index contributed by atoms with van der Waals surface area (Å²) in [4.78, 5) is 15.1. The number of carbonyl (C=O) groups excluding carboxylic acids is 1. The first-order chi connectivity index (χ1) is 8.04. The number of aromatic nitrogens is 1. The van der Waals surface area contributed by atoms with Gasteiger partial charge in [-0.3, -0.25) is 0 Å². The van der Waals surface area contributed by atoms with Gasteiger partial charge in [0.25, 0.3) is 0 Å². The third-order valence-electron chi connectivity index (χ3n) is 1.89. The van der Waals surface area contributed by atoms with E-state index in [4.69, 9.17) is 21.1 Å². The zero-order chi connectivity index (χ0) is 12.8. The predicted molar refractivity (Wildman–Crippen MR) is 60.6 cm³/mol. The molecule has 1 rings (SSSR count). The first-order valence-electron chi connectivity index (χ1n) is 5.14. The Hall–Kier alpha value is -1.20. The molecule has 0 aliphatic heterocycles. The van der Waals surface area contributed by atoms with Crippen molar-refractivity contribution in [2.24, 2.45) is 0 Å². The summed E-state index contributed by atoms with van der Waals surface area (Å²) in [5, 5.41) is -0.0833. The molecule has 0 N–H and O–H groups in total. The van der Waals surface area contributed by atoms with Crippen molar-refractivity contribution < 1.29 is 18.7 Å². The van der Waals surface area contributed by atoms with Crippen molar-refractivity contribution >= 4 is 17.6 Å². The Kier molecular flexibility index (Phi) is 5.31. The lowest BCUT2D eigenvalue weighted by Crippen LogP contribution is -2.21. The van der Waals surface area contributed by atoms with E-state index in [0.717, 1.165) is 12.3 Å². The lowest BCUT2D eigenvalue weighted by atomic mass is 10.3. The van der Waals surface area contributed by atoms with Crippen molar-refractivity contribution in [2.45, 2.75) is 20.0 Å². The van der Waals surface area contributed by atoms with Gasteiger partial charge < -0.3 is 9.47 Å². The van der Waals surface area contributed by atoms with E-state index in [0.29, 0.717) is 6.61 Å². The van der Waals surface area contributed by atoms with Crippen LogP contribution in [0.1, 0.15) is 24.2 Å². The Morgan fingerprint density at radius 3 is 3.00 bits per heavy atom. The van der Waals surface area contributed by atoms with Gasteiger partial charge in [0.1, 0.15) is 17.1 Å². The Labute approximate surface area is 104 Å². The van der Waals surface area contributed by atoms with Crippen molar-refractivity contribution in [1.82, 2.24) is 4.98 Å². The molecule has 1 aromatic rings. The average molecular weight is 262 g/mol. The summed E-state index contributed by atoms with van der Waals surface area (Å²) in [6.45, 7) is 4.32. The number of rotatable bonds is 5. The van der Waals surface area contributed by atoms with Crippen molar-refractivity contribution in [3.05, 3.63) is 28.8 Å². The summed E-state index contributed by atoms with van der Waals surface area (Å²) in [6.07, 6.45) is 0.504. The molecule has 94 valence electrons. The van der Waals surface area contributed by atoms with Gasteiger partial charge in [-0.25, -0.2) is 14.2 Å². The smallest absolute Gasteiger partial charge is 0.341 e. The SMILES string of the molecule is CCOCC(C)OC(=O)c1cc(F)cnc1Cl. The molecule has 6 heteroatoms. The van der Waals surface area contributed by atoms with Crippen molar-refractivity contribution in [3.8, 4) is 0 Å². The van der Waals surface area contributed by atoms with Gasteiger partial charge in [-0.2, -0.15) is 0 Å². The molecule has 1 unspecified atom stereocenters. The molecule has 0 saturated heterocycles. The highest BCUT2D eigenvalue weighted by molar-refractivity contribution is 6.32. The Morgan fingerprint density at radius 1 is 1.65 bits per heavy atom. The zero-order valence-corrected chi connectivity index (χ0v) is 10.3. The van der Waals surface area contributed by atoms with E-state index < -0.39 is 17.9 Å². The average Bonchev–Trinajstić information content (AvgIpc) is 2.29. The van der Waals surface area contributed by atoms with Crippen molar-refractivity contribution in [2.75, 3.05) is 13.2 Å². The highest BCUT2D eigenvalue weighted by Crippen LogP contribution is 2.15. The van der Waals surface area contributed by atoms with Gasteiger partial charge in [-0.15, -0.1) is 0 Å². The number of pyridine rings is 1. The molecule has 0 aliphatic carbocycles. The third-order valence-corrected chi connectivity index (χ3v) is 2.19. The molecule has 0 bridgehead atoms. The number of nitrogens with zero attached hydrogens (tertiary/aromatic N) is 1. The lowest BCUT2D eigenvalue weighted by Gasteiger charge is -2.13. The molecule has 4 nitrogen and oxygen atoms in total. The second-order valence-electron chi connectivity index (χ2n) is 3.37. The highest BCUT2D eigenvalue weighted by atomic mass is 35.5. The maximum absolute atomic E-state index is 12.9. The van der Waals surface area contributed by atoms with Crippen LogP contribution in [-0.2, 0) is 9.47 Å². The number of ether oxygens (including phenoxy) is 2. The summed E-state index contributed by atoms with van der Waals surface area (Å²) < 4.78 is 23.0. The van der Waals surface area contributed by atoms with Crippen LogP contribution in [0.25, 0.3) is 0 Å². The van der Waals surface area contributed by atoms with Crippen LogP contribution < -0.4 is 0 Å². The molecule has 1 heterocycles. The molecule has 0 amide bonds. The van der Waals surface area contributed by atoms with E-state index in [1.54, 1.807) is 6.92 Å². The molecule has 1 atom stereocenters. The van der Waals surface area contributed by atoms with Crippen LogP contribution in [0.5, 0.6) is 0 Å². The molecule has 1 aromatic heterocycles. The van der Waals surface area contributed by atoms with E-state index in [2.05, 4.69) is 4.98 Å². The first-order valence-corrected chi connectivity index (χ1v) is 5.52. The number of esters is 1. The molecule has 0 aliphatic rings. The van der Waals surface area contributed by atoms with Crippen molar-refractivity contribution in [1.29, 1.82) is 0 Å². The normalized spacial score (nSPS) is 12.2. The molecule has 0 saturated carbocycles. The van der Waals surface area contributed by atoms with Crippen LogP contribution in [0.15, 0.2) is 12.3 Å². The number of hydrogen-bond acceptors (Lipinski definition) is 4. The fraction of sp³-hybridized carbons (Fsp3) is 0.455. The Bertz CT molecular complexity index is 400. The minimum Gasteiger partial charge on any atom is -0.457 e. The van der Waals surface area contributed by atoms with Crippen LogP contribution in [0, 0.1) is 5.82 Å². The molecule has 0 spiro atoms. The topological polar surface area (TPSA) is 48.4 Å². The van der Waals surface area contributed by atoms with Crippen LogP contribution in [0.2, 0.25) is 5.15 Å². The van der Waals surface area contributed by atoms with Gasteiger partial charge in [0, 0.05) is 6.61 Å². The van der Waals surface area contributed by atoms with Gasteiger partial charge in [-0.1, -0.05) is 11.6 Å². The van der Waals surface area contributed by atoms with E-state index in [9.17, 15) is 9.18 Å². The predicted octanol–water partition coefficient (Wildman–Crippen LogP) is 2.46. The first kappa shape index (κ1) is 13.9. The monoisotopic (exact) mass is 261 g/mol. The zero-order valence-electron chi connectivity index (χ0n) is 9.57. The molecule has 0 aromatic carbocycles. The molecule has 0 fully saturated rings. The van der Waals surface area contributed by atoms with E-state index >= 15 is 0 Å². The fourth-order valence-corrected chi connectivity index (χ4v) is 1.31. The molecular weight excluding hydrogens is 249 g/mol. The largest absolute Gasteiger partial charge is 0.457 e. The third kappa shape index (κ3) is 4.28. The minimum atomic E-state index is -0.714. The van der Waals surface area contributed by atoms with Crippen LogP contribution in [0.3, 0.4) is 0 Å². The van der Waals surface area contributed by atoms with Crippen LogP contribution in [0.4, 0.5) is 4.39 Å². The minimum absolute atomic E-state index is 0.0833. The summed E-state index contributed by atoms with van der Waals surface area (Å²) in [5.74, 6) is -1.35.